The number of benzene rings is 1. The molecular weight excluding hydrogens is 202 g/mol. The molecule has 1 aliphatic rings. The number of aryl methyl sites for hydroxylation is 1. The van der Waals surface area contributed by atoms with Gasteiger partial charge in [-0.25, -0.2) is 4.79 Å². The monoisotopic (exact) mass is 217 g/mol. The third-order valence-electron chi connectivity index (χ3n) is 2.95. The molecule has 0 unspecified atom stereocenters. The Bertz CT molecular complexity index is 449. The molecule has 0 radical (unpaired) electrons. The van der Waals surface area contributed by atoms with Crippen LogP contribution in [0.25, 0.3) is 5.57 Å². The number of aliphatic carboxylic acids is 1. The molecule has 0 atom stereocenters. The minimum atomic E-state index is -0.814. The fourth-order valence-corrected chi connectivity index (χ4v) is 2.10. The summed E-state index contributed by atoms with van der Waals surface area (Å²) in [6.07, 6.45) is 0.784. The highest BCUT2D eigenvalue weighted by molar-refractivity contribution is 5.97. The molecule has 16 heavy (non-hydrogen) atoms. The topological polar surface area (TPSA) is 49.3 Å². The Kier molecular flexibility index (Phi) is 3.06. The van der Waals surface area contributed by atoms with Gasteiger partial charge in [-0.15, -0.1) is 0 Å². The fourth-order valence-electron chi connectivity index (χ4n) is 2.10. The summed E-state index contributed by atoms with van der Waals surface area (Å²) >= 11 is 0. The lowest BCUT2D eigenvalue weighted by Crippen LogP contribution is -2.28. The zero-order valence-corrected chi connectivity index (χ0v) is 9.29. The van der Waals surface area contributed by atoms with Crippen molar-refractivity contribution in [3.8, 4) is 0 Å². The van der Waals surface area contributed by atoms with E-state index in [0.717, 1.165) is 29.7 Å². The van der Waals surface area contributed by atoms with Gasteiger partial charge in [0.1, 0.15) is 0 Å². The molecule has 84 valence electrons. The van der Waals surface area contributed by atoms with Gasteiger partial charge in [0.2, 0.25) is 0 Å². The molecule has 1 aromatic carbocycles. The van der Waals surface area contributed by atoms with Crippen LogP contribution in [-0.2, 0) is 4.79 Å². The van der Waals surface area contributed by atoms with Gasteiger partial charge in [-0.2, -0.15) is 0 Å². The van der Waals surface area contributed by atoms with Gasteiger partial charge in [-0.3, -0.25) is 0 Å². The lowest BCUT2D eigenvalue weighted by atomic mass is 9.91. The van der Waals surface area contributed by atoms with Crippen LogP contribution in [0.1, 0.15) is 17.5 Å². The second-order valence-electron chi connectivity index (χ2n) is 4.00. The van der Waals surface area contributed by atoms with Crippen LogP contribution in [0.4, 0.5) is 0 Å². The average Bonchev–Trinajstić information content (AvgIpc) is 2.29. The Morgan fingerprint density at radius 3 is 2.81 bits per heavy atom. The predicted octanol–water partition coefficient (Wildman–Crippen LogP) is 1.83. The highest BCUT2D eigenvalue weighted by Gasteiger charge is 2.19. The molecule has 0 aliphatic carbocycles. The molecule has 2 N–H and O–H groups in total. The van der Waals surface area contributed by atoms with Crippen molar-refractivity contribution in [2.24, 2.45) is 0 Å². The molecule has 0 saturated heterocycles. The molecule has 0 amide bonds. The van der Waals surface area contributed by atoms with Gasteiger partial charge >= 0.3 is 5.97 Å². The van der Waals surface area contributed by atoms with Gasteiger partial charge in [0.15, 0.2) is 0 Å². The van der Waals surface area contributed by atoms with E-state index in [4.69, 9.17) is 5.11 Å². The van der Waals surface area contributed by atoms with Crippen molar-refractivity contribution in [1.29, 1.82) is 0 Å². The molecule has 3 nitrogen and oxygen atoms in total. The van der Waals surface area contributed by atoms with E-state index < -0.39 is 5.97 Å². The Morgan fingerprint density at radius 2 is 2.12 bits per heavy atom. The zero-order valence-electron chi connectivity index (χ0n) is 9.29. The first-order valence-electron chi connectivity index (χ1n) is 5.42. The van der Waals surface area contributed by atoms with Gasteiger partial charge in [-0.1, -0.05) is 24.3 Å². The molecule has 0 bridgehead atoms. The number of rotatable bonds is 2. The van der Waals surface area contributed by atoms with Crippen LogP contribution < -0.4 is 5.32 Å². The number of carboxylic acids is 1. The fraction of sp³-hybridized carbons (Fsp3) is 0.308. The SMILES string of the molecule is Cc1ccccc1C1=C(C(=O)O)CNCC1. The Labute approximate surface area is 94.8 Å². The van der Waals surface area contributed by atoms with E-state index >= 15 is 0 Å². The predicted molar refractivity (Wildman–Crippen MR) is 63.2 cm³/mol. The molecule has 1 aromatic rings. The van der Waals surface area contributed by atoms with E-state index in [9.17, 15) is 4.79 Å². The highest BCUT2D eigenvalue weighted by Crippen LogP contribution is 2.26. The van der Waals surface area contributed by atoms with Crippen LogP contribution in [0.3, 0.4) is 0 Å². The van der Waals surface area contributed by atoms with E-state index in [-0.39, 0.29) is 0 Å². The molecule has 2 rings (SSSR count). The minimum Gasteiger partial charge on any atom is -0.478 e. The molecule has 1 aliphatic heterocycles. The van der Waals surface area contributed by atoms with E-state index in [1.165, 1.54) is 0 Å². The summed E-state index contributed by atoms with van der Waals surface area (Å²) < 4.78 is 0. The standard InChI is InChI=1S/C13H15NO2/c1-9-4-2-3-5-10(9)11-6-7-14-8-12(11)13(15)16/h2-5,14H,6-8H2,1H3,(H,15,16). The number of carbonyl (C=O) groups is 1. The van der Waals surface area contributed by atoms with E-state index in [1.807, 2.05) is 31.2 Å². The molecule has 3 heteroatoms. The largest absolute Gasteiger partial charge is 0.478 e. The molecule has 0 saturated carbocycles. The number of hydrogen-bond acceptors (Lipinski definition) is 2. The van der Waals surface area contributed by atoms with Crippen molar-refractivity contribution < 1.29 is 9.90 Å². The van der Waals surface area contributed by atoms with Crippen molar-refractivity contribution in [3.63, 3.8) is 0 Å². The normalized spacial score (nSPS) is 16.3. The zero-order chi connectivity index (χ0) is 11.5. The molecule has 0 aromatic heterocycles. The van der Waals surface area contributed by atoms with Crippen LogP contribution in [0, 0.1) is 6.92 Å². The minimum absolute atomic E-state index is 0.457. The van der Waals surface area contributed by atoms with Crippen molar-refractivity contribution in [2.75, 3.05) is 13.1 Å². The second kappa shape index (κ2) is 4.49. The maximum Gasteiger partial charge on any atom is 0.333 e. The van der Waals surface area contributed by atoms with Gasteiger partial charge < -0.3 is 10.4 Å². The third kappa shape index (κ3) is 1.99. The number of hydrogen-bond donors (Lipinski definition) is 2. The van der Waals surface area contributed by atoms with Crippen LogP contribution in [-0.4, -0.2) is 24.2 Å². The first-order chi connectivity index (χ1) is 7.70. The first-order valence-corrected chi connectivity index (χ1v) is 5.42. The van der Waals surface area contributed by atoms with Gasteiger partial charge in [0, 0.05) is 6.54 Å². The maximum atomic E-state index is 11.2. The average molecular weight is 217 g/mol. The molecule has 0 spiro atoms. The van der Waals surface area contributed by atoms with Crippen molar-refractivity contribution in [3.05, 3.63) is 41.0 Å². The summed E-state index contributed by atoms with van der Waals surface area (Å²) in [6, 6.07) is 7.94. The molecule has 0 fully saturated rings. The van der Waals surface area contributed by atoms with Crippen LogP contribution in [0.2, 0.25) is 0 Å². The summed E-state index contributed by atoms with van der Waals surface area (Å²) in [5.41, 5.74) is 3.68. The quantitative estimate of drug-likeness (QED) is 0.794. The summed E-state index contributed by atoms with van der Waals surface area (Å²) in [5.74, 6) is -0.814. The third-order valence-corrected chi connectivity index (χ3v) is 2.95. The number of nitrogens with one attached hydrogen (secondary N) is 1. The van der Waals surface area contributed by atoms with Crippen molar-refractivity contribution in [1.82, 2.24) is 5.32 Å². The van der Waals surface area contributed by atoms with Gasteiger partial charge in [0.05, 0.1) is 5.57 Å². The number of carboxylic acid groups (broad SMARTS) is 1. The van der Waals surface area contributed by atoms with Crippen LogP contribution in [0.15, 0.2) is 29.8 Å². The molecular formula is C13H15NO2. The van der Waals surface area contributed by atoms with Crippen LogP contribution >= 0.6 is 0 Å². The highest BCUT2D eigenvalue weighted by atomic mass is 16.4. The summed E-state index contributed by atoms with van der Waals surface area (Å²) in [5, 5.41) is 12.3. The molecule has 1 heterocycles. The van der Waals surface area contributed by atoms with Gasteiger partial charge in [-0.05, 0) is 36.6 Å². The van der Waals surface area contributed by atoms with E-state index in [1.54, 1.807) is 0 Å². The summed E-state index contributed by atoms with van der Waals surface area (Å²) in [7, 11) is 0. The Balaban J connectivity index is 2.52. The van der Waals surface area contributed by atoms with Crippen molar-refractivity contribution in [2.45, 2.75) is 13.3 Å². The Morgan fingerprint density at radius 1 is 1.38 bits per heavy atom. The van der Waals surface area contributed by atoms with Crippen LogP contribution in [0.5, 0.6) is 0 Å². The van der Waals surface area contributed by atoms with Crippen molar-refractivity contribution >= 4 is 11.5 Å². The van der Waals surface area contributed by atoms with Gasteiger partial charge in [0.25, 0.3) is 0 Å². The second-order valence-corrected chi connectivity index (χ2v) is 4.00. The van der Waals surface area contributed by atoms with E-state index in [2.05, 4.69) is 5.32 Å². The summed E-state index contributed by atoms with van der Waals surface area (Å²) in [4.78, 5) is 11.2. The Hall–Kier alpha value is -1.61. The smallest absolute Gasteiger partial charge is 0.333 e. The van der Waals surface area contributed by atoms with E-state index in [0.29, 0.717) is 12.1 Å². The lowest BCUT2D eigenvalue weighted by molar-refractivity contribution is -0.132. The summed E-state index contributed by atoms with van der Waals surface area (Å²) in [6.45, 7) is 3.32. The maximum absolute atomic E-state index is 11.2. The lowest BCUT2D eigenvalue weighted by Gasteiger charge is -2.20. The first kappa shape index (κ1) is 10.9.